The Kier molecular flexibility index (Phi) is 5.72. The molecule has 0 saturated heterocycles. The fraction of sp³-hybridized carbons (Fsp3) is 0.286. The summed E-state index contributed by atoms with van der Waals surface area (Å²) in [5.41, 5.74) is 3.70. The number of anilines is 2. The zero-order valence-electron chi connectivity index (χ0n) is 19.8. The predicted molar refractivity (Wildman–Crippen MR) is 137 cm³/mol. The molecule has 0 bridgehead atoms. The molecule has 0 saturated carbocycles. The van der Waals surface area contributed by atoms with Crippen molar-refractivity contribution in [2.75, 3.05) is 23.4 Å². The lowest BCUT2D eigenvalue weighted by Gasteiger charge is -2.41. The number of hydrogen-bond acceptors (Lipinski definition) is 4. The topological polar surface area (TPSA) is 78.9 Å². The fourth-order valence-electron chi connectivity index (χ4n) is 5.03. The van der Waals surface area contributed by atoms with E-state index in [0.29, 0.717) is 46.3 Å². The average Bonchev–Trinajstić information content (AvgIpc) is 2.82. The Labute approximate surface area is 209 Å². The first-order valence-electron chi connectivity index (χ1n) is 11.6. The molecule has 0 radical (unpaired) electrons. The summed E-state index contributed by atoms with van der Waals surface area (Å²) in [5, 5.41) is 14.2. The maximum atomic E-state index is 13.9. The van der Waals surface area contributed by atoms with Crippen LogP contribution in [0.3, 0.4) is 0 Å². The highest BCUT2D eigenvalue weighted by Gasteiger charge is 2.45. The van der Waals surface area contributed by atoms with Crippen molar-refractivity contribution < 1.29 is 19.4 Å². The van der Waals surface area contributed by atoms with Gasteiger partial charge in [-0.25, -0.2) is 0 Å². The quantitative estimate of drug-likeness (QED) is 0.470. The summed E-state index contributed by atoms with van der Waals surface area (Å²) in [5.74, 6) is -1.52. The minimum absolute atomic E-state index is 0.179. The Morgan fingerprint density at radius 1 is 1.11 bits per heavy atom. The third-order valence-electron chi connectivity index (χ3n) is 6.66. The zero-order chi connectivity index (χ0) is 24.9. The molecule has 35 heavy (non-hydrogen) atoms. The number of nitrogens with one attached hydrogen (secondary N) is 1. The van der Waals surface area contributed by atoms with Gasteiger partial charge in [0.25, 0.3) is 5.91 Å². The van der Waals surface area contributed by atoms with Crippen LogP contribution < -0.4 is 15.0 Å². The van der Waals surface area contributed by atoms with Gasteiger partial charge in [-0.3, -0.25) is 14.5 Å². The predicted octanol–water partition coefficient (Wildman–Crippen LogP) is 6.01. The number of carboxylic acid groups (broad SMARTS) is 1. The molecule has 3 aromatic rings. The molecule has 2 aliphatic rings. The molecule has 180 valence electrons. The number of carbonyl (C=O) groups excluding carboxylic acids is 1. The number of carbonyl (C=O) groups is 2. The van der Waals surface area contributed by atoms with Gasteiger partial charge in [-0.2, -0.15) is 0 Å². The van der Waals surface area contributed by atoms with Gasteiger partial charge in [0.2, 0.25) is 0 Å². The molecule has 0 fully saturated rings. The highest BCUT2D eigenvalue weighted by atomic mass is 35.5. The molecule has 2 atom stereocenters. The van der Waals surface area contributed by atoms with Crippen LogP contribution in [0.1, 0.15) is 59.8 Å². The van der Waals surface area contributed by atoms with Crippen LogP contribution in [0.4, 0.5) is 11.4 Å². The number of rotatable bonds is 3. The number of fused-ring (bicyclic) bond motifs is 2. The largest absolute Gasteiger partial charge is 0.490 e. The Morgan fingerprint density at radius 2 is 1.89 bits per heavy atom. The second-order valence-corrected chi connectivity index (χ2v) is 10.4. The lowest BCUT2D eigenvalue weighted by Crippen LogP contribution is -2.45. The molecule has 7 heteroatoms. The monoisotopic (exact) mass is 490 g/mol. The number of nitrogens with zero attached hydrogens (tertiary/aromatic N) is 1. The van der Waals surface area contributed by atoms with E-state index in [-0.39, 0.29) is 11.3 Å². The molecule has 2 heterocycles. The van der Waals surface area contributed by atoms with Crippen molar-refractivity contribution >= 4 is 34.9 Å². The molecule has 0 aromatic heterocycles. The van der Waals surface area contributed by atoms with Gasteiger partial charge in [0.15, 0.2) is 0 Å². The van der Waals surface area contributed by atoms with Gasteiger partial charge in [-0.1, -0.05) is 62.7 Å². The average molecular weight is 491 g/mol. The number of carboxylic acids is 1. The van der Waals surface area contributed by atoms with Crippen LogP contribution in [0.25, 0.3) is 0 Å². The Balaban J connectivity index is 1.72. The smallest absolute Gasteiger partial charge is 0.313 e. The summed E-state index contributed by atoms with van der Waals surface area (Å²) in [6.45, 7) is 7.42. The number of aliphatic carboxylic acids is 1. The molecule has 3 aromatic carbocycles. The van der Waals surface area contributed by atoms with E-state index in [1.54, 1.807) is 35.2 Å². The maximum Gasteiger partial charge on any atom is 0.313 e. The molecular formula is C28H27ClN2O4. The normalized spacial score (nSPS) is 19.3. The van der Waals surface area contributed by atoms with Gasteiger partial charge in [-0.05, 0) is 52.4 Å². The molecule has 1 amide bonds. The van der Waals surface area contributed by atoms with Crippen molar-refractivity contribution in [2.24, 2.45) is 0 Å². The van der Waals surface area contributed by atoms with Gasteiger partial charge < -0.3 is 15.2 Å². The van der Waals surface area contributed by atoms with Crippen LogP contribution in [-0.4, -0.2) is 30.1 Å². The summed E-state index contributed by atoms with van der Waals surface area (Å²) in [4.78, 5) is 28.2. The van der Waals surface area contributed by atoms with Crippen molar-refractivity contribution in [3.05, 3.63) is 87.9 Å². The van der Waals surface area contributed by atoms with E-state index in [0.717, 1.165) is 11.3 Å². The molecule has 6 nitrogen and oxygen atoms in total. The highest BCUT2D eigenvalue weighted by molar-refractivity contribution is 6.32. The van der Waals surface area contributed by atoms with E-state index in [9.17, 15) is 14.7 Å². The third-order valence-corrected chi connectivity index (χ3v) is 6.98. The number of halogens is 1. The van der Waals surface area contributed by atoms with E-state index in [1.807, 2.05) is 30.3 Å². The van der Waals surface area contributed by atoms with Gasteiger partial charge >= 0.3 is 5.97 Å². The molecule has 0 spiro atoms. The summed E-state index contributed by atoms with van der Waals surface area (Å²) >= 11 is 6.69. The van der Waals surface area contributed by atoms with Crippen molar-refractivity contribution in [3.8, 4) is 5.75 Å². The van der Waals surface area contributed by atoms with E-state index >= 15 is 0 Å². The van der Waals surface area contributed by atoms with Crippen LogP contribution in [0, 0.1) is 0 Å². The van der Waals surface area contributed by atoms with Gasteiger partial charge in [-0.15, -0.1) is 0 Å². The minimum atomic E-state index is -1.00. The Hall–Kier alpha value is -3.51. The highest BCUT2D eigenvalue weighted by Crippen LogP contribution is 2.47. The number of benzene rings is 3. The summed E-state index contributed by atoms with van der Waals surface area (Å²) in [7, 11) is 0. The summed E-state index contributed by atoms with van der Waals surface area (Å²) in [6.07, 6.45) is 0. The summed E-state index contributed by atoms with van der Waals surface area (Å²) in [6, 6.07) is 17.2. The molecular weight excluding hydrogens is 464 g/mol. The van der Waals surface area contributed by atoms with Crippen molar-refractivity contribution in [2.45, 2.75) is 38.1 Å². The first kappa shape index (κ1) is 23.2. The van der Waals surface area contributed by atoms with Crippen LogP contribution >= 0.6 is 11.6 Å². The van der Waals surface area contributed by atoms with Crippen LogP contribution in [0.2, 0.25) is 5.02 Å². The van der Waals surface area contributed by atoms with Crippen molar-refractivity contribution in [1.29, 1.82) is 0 Å². The van der Waals surface area contributed by atoms with Crippen LogP contribution in [-0.2, 0) is 10.2 Å². The van der Waals surface area contributed by atoms with E-state index in [1.165, 1.54) is 0 Å². The van der Waals surface area contributed by atoms with E-state index in [2.05, 4.69) is 26.1 Å². The SMILES string of the molecule is CC(C)(C)c1ccc(N2C(=O)c3ccccc3[C@@H](C(=O)O)[C@@H]2c2ccc3c(c2)NCCO3)cc1Cl. The molecule has 0 aliphatic carbocycles. The van der Waals surface area contributed by atoms with Gasteiger partial charge in [0, 0.05) is 22.8 Å². The van der Waals surface area contributed by atoms with Gasteiger partial charge in [0.1, 0.15) is 18.3 Å². The molecule has 2 N–H and O–H groups in total. The first-order valence-corrected chi connectivity index (χ1v) is 12.0. The minimum Gasteiger partial charge on any atom is -0.490 e. The van der Waals surface area contributed by atoms with Crippen LogP contribution in [0.5, 0.6) is 5.75 Å². The standard InChI is InChI=1S/C28H27ClN2O4/c1-28(2,3)20-10-9-17(15-21(20)29)31-25(16-8-11-23-22(14-16)30-12-13-35-23)24(27(33)34)18-6-4-5-7-19(18)26(31)32/h4-11,14-15,24-25,30H,12-13H2,1-3H3,(H,33,34)/t24-,25+/m1/s1. The maximum absolute atomic E-state index is 13.9. The van der Waals surface area contributed by atoms with Gasteiger partial charge in [0.05, 0.1) is 11.7 Å². The van der Waals surface area contributed by atoms with Crippen molar-refractivity contribution in [3.63, 3.8) is 0 Å². The number of ether oxygens (including phenoxy) is 1. The number of amides is 1. The molecule has 5 rings (SSSR count). The second-order valence-electron chi connectivity index (χ2n) is 9.97. The Bertz CT molecular complexity index is 1330. The lowest BCUT2D eigenvalue weighted by molar-refractivity contribution is -0.139. The van der Waals surface area contributed by atoms with Crippen molar-refractivity contribution in [1.82, 2.24) is 0 Å². The summed E-state index contributed by atoms with van der Waals surface area (Å²) < 4.78 is 5.71. The van der Waals surface area contributed by atoms with Crippen LogP contribution in [0.15, 0.2) is 60.7 Å². The molecule has 0 unspecified atom stereocenters. The number of hydrogen-bond donors (Lipinski definition) is 2. The van der Waals surface area contributed by atoms with E-state index in [4.69, 9.17) is 16.3 Å². The molecule has 2 aliphatic heterocycles. The first-order chi connectivity index (χ1) is 16.7. The fourth-order valence-corrected chi connectivity index (χ4v) is 5.49. The lowest BCUT2D eigenvalue weighted by atomic mass is 9.79. The second kappa shape index (κ2) is 8.61. The Morgan fingerprint density at radius 3 is 2.60 bits per heavy atom. The zero-order valence-corrected chi connectivity index (χ0v) is 20.6. The third kappa shape index (κ3) is 4.02. The van der Waals surface area contributed by atoms with E-state index < -0.39 is 17.9 Å².